The van der Waals surface area contributed by atoms with Gasteiger partial charge in [0.15, 0.2) is 2.14 Å². The molecule has 0 aliphatic carbocycles. The number of aliphatic hydroxyl groups is 1. The summed E-state index contributed by atoms with van der Waals surface area (Å²) in [5.74, 6) is 0. The van der Waals surface area contributed by atoms with Crippen LogP contribution in [0.2, 0.25) is 0 Å². The van der Waals surface area contributed by atoms with Crippen LogP contribution < -0.4 is 0 Å². The van der Waals surface area contributed by atoms with E-state index in [4.69, 9.17) is 0 Å². The molecule has 0 aliphatic heterocycles. The van der Waals surface area contributed by atoms with E-state index in [9.17, 15) is 5.11 Å². The summed E-state index contributed by atoms with van der Waals surface area (Å²) < 4.78 is -0.654. The normalized spacial score (nSPS) is 14.6. The van der Waals surface area contributed by atoms with Gasteiger partial charge in [-0.15, -0.1) is 0 Å². The molecule has 0 radical (unpaired) electrons. The van der Waals surface area contributed by atoms with Crippen molar-refractivity contribution in [3.05, 3.63) is 42.0 Å². The van der Waals surface area contributed by atoms with Gasteiger partial charge in [-0.05, 0) is 5.56 Å². The van der Waals surface area contributed by atoms with Crippen LogP contribution in [0.3, 0.4) is 0 Å². The van der Waals surface area contributed by atoms with Crippen molar-refractivity contribution >= 4 is 53.9 Å². The van der Waals surface area contributed by atoms with Crippen LogP contribution in [0.4, 0.5) is 0 Å². The maximum absolute atomic E-state index is 9.62. The molecule has 4 heteroatoms. The molecule has 1 aromatic rings. The molecule has 0 aromatic heterocycles. The Balaban J connectivity index is 2.66. The Morgan fingerprint density at radius 2 is 1.71 bits per heavy atom. The van der Waals surface area contributed by atoms with E-state index in [1.54, 1.807) is 6.08 Å². The zero-order valence-electron chi connectivity index (χ0n) is 7.20. The second-order valence-electron chi connectivity index (χ2n) is 2.76. The van der Waals surface area contributed by atoms with Crippen molar-refractivity contribution < 1.29 is 5.11 Å². The van der Waals surface area contributed by atoms with Gasteiger partial charge in [0.2, 0.25) is 0 Å². The molecule has 1 atom stereocenters. The molecule has 0 bridgehead atoms. The molecular weight excluding hydrogens is 376 g/mol. The molecule has 0 saturated heterocycles. The molecule has 0 aliphatic rings. The molecule has 76 valence electrons. The molecule has 0 heterocycles. The first kappa shape index (κ1) is 12.4. The minimum absolute atomic E-state index is 0.650. The van der Waals surface area contributed by atoms with Gasteiger partial charge in [-0.3, -0.25) is 0 Å². The minimum Gasteiger partial charge on any atom is -0.386 e. The highest BCUT2D eigenvalue weighted by molar-refractivity contribution is 9.39. The molecule has 1 rings (SSSR count). The topological polar surface area (TPSA) is 20.2 Å². The van der Waals surface area contributed by atoms with Gasteiger partial charge in [-0.25, -0.2) is 0 Å². The maximum atomic E-state index is 9.62. The fraction of sp³-hybridized carbons (Fsp3) is 0.200. The largest absolute Gasteiger partial charge is 0.386 e. The van der Waals surface area contributed by atoms with Crippen molar-refractivity contribution in [1.82, 2.24) is 0 Å². The van der Waals surface area contributed by atoms with Crippen LogP contribution in [0.5, 0.6) is 0 Å². The summed E-state index contributed by atoms with van der Waals surface area (Å²) in [6, 6.07) is 9.81. The Morgan fingerprint density at radius 3 is 2.21 bits per heavy atom. The second-order valence-corrected chi connectivity index (χ2v) is 9.70. The first-order valence-corrected chi connectivity index (χ1v) is 6.36. The van der Waals surface area contributed by atoms with Crippen LogP contribution in [0.25, 0.3) is 6.08 Å². The van der Waals surface area contributed by atoms with Crippen LogP contribution in [-0.4, -0.2) is 13.4 Å². The van der Waals surface area contributed by atoms with E-state index in [0.717, 1.165) is 5.56 Å². The Morgan fingerprint density at radius 1 is 1.14 bits per heavy atom. The fourth-order valence-corrected chi connectivity index (χ4v) is 1.33. The number of aliphatic hydroxyl groups excluding tert-OH is 1. The number of alkyl halides is 3. The van der Waals surface area contributed by atoms with E-state index in [2.05, 4.69) is 47.8 Å². The predicted octanol–water partition coefficient (Wildman–Crippen LogP) is 3.90. The summed E-state index contributed by atoms with van der Waals surface area (Å²) in [4.78, 5) is 0. The van der Waals surface area contributed by atoms with Gasteiger partial charge in [-0.2, -0.15) is 0 Å². The van der Waals surface area contributed by atoms with E-state index in [0.29, 0.717) is 0 Å². The van der Waals surface area contributed by atoms with Crippen molar-refractivity contribution in [1.29, 1.82) is 0 Å². The Bertz CT molecular complexity index is 303. The summed E-state index contributed by atoms with van der Waals surface area (Å²) in [6.45, 7) is 0. The lowest BCUT2D eigenvalue weighted by atomic mass is 10.2. The number of benzene rings is 1. The van der Waals surface area contributed by atoms with Crippen molar-refractivity contribution in [2.24, 2.45) is 0 Å². The van der Waals surface area contributed by atoms with Crippen molar-refractivity contribution in [2.45, 2.75) is 8.25 Å². The molecule has 1 unspecified atom stereocenters. The molecule has 1 N–H and O–H groups in total. The Hall–Kier alpha value is 0.360. The fourth-order valence-electron chi connectivity index (χ4n) is 0.876. The highest BCUT2D eigenvalue weighted by Gasteiger charge is 2.26. The van der Waals surface area contributed by atoms with Crippen LogP contribution in [0, 0.1) is 0 Å². The Labute approximate surface area is 109 Å². The molecule has 0 saturated carbocycles. The summed E-state index contributed by atoms with van der Waals surface area (Å²) >= 11 is 9.75. The lowest BCUT2D eigenvalue weighted by molar-refractivity contribution is 0.239. The minimum atomic E-state index is -0.654. The van der Waals surface area contributed by atoms with Gasteiger partial charge >= 0.3 is 0 Å². The zero-order valence-corrected chi connectivity index (χ0v) is 12.0. The van der Waals surface area contributed by atoms with Crippen LogP contribution in [0.1, 0.15) is 5.56 Å². The van der Waals surface area contributed by atoms with E-state index in [-0.39, 0.29) is 0 Å². The van der Waals surface area contributed by atoms with Gasteiger partial charge in [0, 0.05) is 0 Å². The van der Waals surface area contributed by atoms with Crippen LogP contribution in [-0.2, 0) is 0 Å². The first-order valence-electron chi connectivity index (χ1n) is 3.98. The van der Waals surface area contributed by atoms with Gasteiger partial charge in [0.25, 0.3) is 0 Å². The van der Waals surface area contributed by atoms with E-state index in [1.807, 2.05) is 36.4 Å². The molecule has 0 fully saturated rings. The third-order valence-electron chi connectivity index (χ3n) is 1.61. The SMILES string of the molecule is OC(C=Cc1ccccc1)C(Br)(Br)Br. The smallest absolute Gasteiger partial charge is 0.164 e. The maximum Gasteiger partial charge on any atom is 0.164 e. The lowest BCUT2D eigenvalue weighted by Gasteiger charge is -2.16. The highest BCUT2D eigenvalue weighted by atomic mass is 80.0. The summed E-state index contributed by atoms with van der Waals surface area (Å²) in [5, 5.41) is 9.62. The molecule has 1 aromatic carbocycles. The third kappa shape index (κ3) is 4.26. The zero-order chi connectivity index (χ0) is 10.6. The Kier molecular flexibility index (Phi) is 4.83. The molecule has 1 nitrogen and oxygen atoms in total. The molecule has 0 spiro atoms. The summed E-state index contributed by atoms with van der Waals surface area (Å²) in [5.41, 5.74) is 1.06. The van der Waals surface area contributed by atoms with Crippen molar-refractivity contribution in [3.63, 3.8) is 0 Å². The van der Waals surface area contributed by atoms with Crippen LogP contribution >= 0.6 is 47.8 Å². The number of hydrogen-bond donors (Lipinski definition) is 1. The summed E-state index contributed by atoms with van der Waals surface area (Å²) in [7, 11) is 0. The van der Waals surface area contributed by atoms with Crippen molar-refractivity contribution in [3.8, 4) is 0 Å². The van der Waals surface area contributed by atoms with Crippen LogP contribution in [0.15, 0.2) is 36.4 Å². The molecule has 14 heavy (non-hydrogen) atoms. The average Bonchev–Trinajstić information content (AvgIpc) is 2.14. The number of rotatable bonds is 2. The van der Waals surface area contributed by atoms with E-state index < -0.39 is 8.25 Å². The van der Waals surface area contributed by atoms with E-state index in [1.165, 1.54) is 0 Å². The van der Waals surface area contributed by atoms with Gasteiger partial charge in [-0.1, -0.05) is 90.3 Å². The second kappa shape index (κ2) is 5.45. The first-order chi connectivity index (χ1) is 6.50. The highest BCUT2D eigenvalue weighted by Crippen LogP contribution is 2.37. The number of hydrogen-bond acceptors (Lipinski definition) is 1. The molecular formula is C10H9Br3O. The predicted molar refractivity (Wildman–Crippen MR) is 71.0 cm³/mol. The van der Waals surface area contributed by atoms with Gasteiger partial charge < -0.3 is 5.11 Å². The molecule has 0 amide bonds. The number of halogens is 3. The third-order valence-corrected chi connectivity index (χ3v) is 3.01. The standard InChI is InChI=1S/C10H9Br3O/c11-10(12,13)9(14)7-6-8-4-2-1-3-5-8/h1-7,9,14H. The lowest BCUT2D eigenvalue weighted by Crippen LogP contribution is -2.20. The van der Waals surface area contributed by atoms with Gasteiger partial charge in [0.05, 0.1) is 0 Å². The van der Waals surface area contributed by atoms with Gasteiger partial charge in [0.1, 0.15) is 6.10 Å². The summed E-state index contributed by atoms with van der Waals surface area (Å²) in [6.07, 6.45) is 2.92. The monoisotopic (exact) mass is 382 g/mol. The van der Waals surface area contributed by atoms with E-state index >= 15 is 0 Å². The quantitative estimate of drug-likeness (QED) is 0.767. The average molecular weight is 385 g/mol. The van der Waals surface area contributed by atoms with Crippen molar-refractivity contribution in [2.75, 3.05) is 0 Å².